The lowest BCUT2D eigenvalue weighted by atomic mass is 9.70. The maximum absolute atomic E-state index is 13.6. The van der Waals surface area contributed by atoms with Crippen LogP contribution in [0.15, 0.2) is 23.1 Å². The van der Waals surface area contributed by atoms with Crippen molar-refractivity contribution in [2.24, 2.45) is 0 Å². The van der Waals surface area contributed by atoms with Gasteiger partial charge in [-0.25, -0.2) is 0 Å². The van der Waals surface area contributed by atoms with Crippen LogP contribution in [0, 0.1) is 6.92 Å². The van der Waals surface area contributed by atoms with Crippen LogP contribution in [0.25, 0.3) is 0 Å². The molecule has 0 spiro atoms. The van der Waals surface area contributed by atoms with Gasteiger partial charge in [0, 0.05) is 23.9 Å². The fourth-order valence-electron chi connectivity index (χ4n) is 4.08. The first-order valence-electron chi connectivity index (χ1n) is 10.7. The van der Waals surface area contributed by atoms with Crippen LogP contribution in [-0.2, 0) is 19.7 Å². The highest BCUT2D eigenvalue weighted by molar-refractivity contribution is 6.31. The van der Waals surface area contributed by atoms with E-state index in [1.165, 1.54) is 20.8 Å². The fraction of sp³-hybridized carbons (Fsp3) is 0.458. The van der Waals surface area contributed by atoms with Crippen LogP contribution in [0.5, 0.6) is 17.2 Å². The number of aliphatic hydroxyl groups is 1. The van der Waals surface area contributed by atoms with Crippen molar-refractivity contribution in [3.8, 4) is 17.2 Å². The molecule has 178 valence electrons. The van der Waals surface area contributed by atoms with Gasteiger partial charge in [-0.2, -0.15) is 0 Å². The van der Waals surface area contributed by atoms with Crippen molar-refractivity contribution >= 4 is 17.3 Å². The van der Waals surface area contributed by atoms with Gasteiger partial charge in [-0.1, -0.05) is 0 Å². The molecule has 0 amide bonds. The summed E-state index contributed by atoms with van der Waals surface area (Å²) in [6.45, 7) is 9.51. The Bertz CT molecular complexity index is 1110. The number of ketones is 3. The van der Waals surface area contributed by atoms with Crippen molar-refractivity contribution in [1.82, 2.24) is 5.32 Å². The Balaban J connectivity index is 2.05. The number of hydrogen-bond donors (Lipinski definition) is 4. The van der Waals surface area contributed by atoms with Crippen LogP contribution < -0.4 is 10.1 Å². The number of rotatable bonds is 7. The summed E-state index contributed by atoms with van der Waals surface area (Å²) in [7, 11) is 0. The van der Waals surface area contributed by atoms with E-state index in [1.54, 1.807) is 6.92 Å². The van der Waals surface area contributed by atoms with Gasteiger partial charge in [-0.15, -0.1) is 0 Å². The molecular formula is C24H29NO8. The standard InChI is InChI=1S/C24H29NO8/c1-10(2)32-9-14(27)8-25-12(4)17-15(28)7-16-24(6,23(17)31)19-21(30)11(3)20(29)18(13(5)26)22(19)33-16/h7,10,14,25,27,29-30H,8-9H2,1-6H3/b17-12+/t14-,24-/m0/s1. The van der Waals surface area contributed by atoms with Crippen LogP contribution in [0.4, 0.5) is 0 Å². The molecule has 0 saturated carbocycles. The van der Waals surface area contributed by atoms with Gasteiger partial charge < -0.3 is 30.1 Å². The van der Waals surface area contributed by atoms with Gasteiger partial charge in [0.2, 0.25) is 0 Å². The lowest BCUT2D eigenvalue weighted by Gasteiger charge is -2.29. The van der Waals surface area contributed by atoms with Crippen molar-refractivity contribution in [2.45, 2.75) is 59.2 Å². The first-order valence-corrected chi connectivity index (χ1v) is 10.7. The molecule has 1 aliphatic carbocycles. The normalized spacial score (nSPS) is 21.9. The van der Waals surface area contributed by atoms with Crippen molar-refractivity contribution < 1.29 is 39.2 Å². The molecule has 0 saturated heterocycles. The molecule has 0 unspecified atom stereocenters. The first-order chi connectivity index (χ1) is 15.3. The summed E-state index contributed by atoms with van der Waals surface area (Å²) < 4.78 is 11.1. The SMILES string of the molecule is CC(=O)c1c(O)c(C)c(O)c2c1OC1=CC(=O)/C(=C(/C)NC[C@H](O)COC(C)C)C(=O)[C@@]12C. The number of ether oxygens (including phenoxy) is 2. The molecule has 33 heavy (non-hydrogen) atoms. The predicted octanol–water partition coefficient (Wildman–Crippen LogP) is 1.94. The van der Waals surface area contributed by atoms with E-state index in [2.05, 4.69) is 5.32 Å². The third kappa shape index (κ3) is 3.91. The Kier molecular flexibility index (Phi) is 6.41. The molecule has 2 atom stereocenters. The number of hydrogen-bond acceptors (Lipinski definition) is 9. The minimum atomic E-state index is -1.58. The van der Waals surface area contributed by atoms with Crippen LogP contribution in [0.2, 0.25) is 0 Å². The number of fused-ring (bicyclic) bond motifs is 3. The van der Waals surface area contributed by atoms with E-state index >= 15 is 0 Å². The molecule has 0 fully saturated rings. The van der Waals surface area contributed by atoms with Crippen LogP contribution in [0.3, 0.4) is 0 Å². The maximum Gasteiger partial charge on any atom is 0.194 e. The zero-order valence-electron chi connectivity index (χ0n) is 19.5. The monoisotopic (exact) mass is 459 g/mol. The molecule has 9 heteroatoms. The number of carbonyl (C=O) groups is 3. The molecule has 0 radical (unpaired) electrons. The lowest BCUT2D eigenvalue weighted by Crippen LogP contribution is -2.42. The molecule has 4 N–H and O–H groups in total. The molecule has 1 aliphatic heterocycles. The molecule has 1 aromatic carbocycles. The minimum Gasteiger partial charge on any atom is -0.507 e. The molecule has 2 aliphatic rings. The Labute approximate surface area is 191 Å². The van der Waals surface area contributed by atoms with Gasteiger partial charge in [-0.05, 0) is 41.5 Å². The Hall–Kier alpha value is -3.17. The van der Waals surface area contributed by atoms with Crippen molar-refractivity contribution in [2.75, 3.05) is 13.2 Å². The van der Waals surface area contributed by atoms with Gasteiger partial charge in [-0.3, -0.25) is 14.4 Å². The summed E-state index contributed by atoms with van der Waals surface area (Å²) in [5, 5.41) is 34.2. The predicted molar refractivity (Wildman–Crippen MR) is 118 cm³/mol. The zero-order valence-corrected chi connectivity index (χ0v) is 19.5. The summed E-state index contributed by atoms with van der Waals surface area (Å²) in [4.78, 5) is 38.7. The van der Waals surface area contributed by atoms with E-state index in [9.17, 15) is 29.7 Å². The van der Waals surface area contributed by atoms with E-state index in [-0.39, 0.29) is 64.5 Å². The van der Waals surface area contributed by atoms with Gasteiger partial charge in [0.1, 0.15) is 34.0 Å². The molecular weight excluding hydrogens is 430 g/mol. The molecule has 3 rings (SSSR count). The number of phenolic OH excluding ortho intramolecular Hbond substituents is 2. The van der Waals surface area contributed by atoms with Gasteiger partial charge in [0.05, 0.1) is 30.0 Å². The third-order valence-corrected chi connectivity index (χ3v) is 5.98. The summed E-state index contributed by atoms with van der Waals surface area (Å²) in [5.74, 6) is -2.73. The number of allylic oxidation sites excluding steroid dienone is 4. The Morgan fingerprint density at radius 1 is 1.21 bits per heavy atom. The number of carbonyl (C=O) groups excluding carboxylic acids is 3. The van der Waals surface area contributed by atoms with E-state index in [4.69, 9.17) is 9.47 Å². The highest BCUT2D eigenvalue weighted by Gasteiger charge is 2.56. The van der Waals surface area contributed by atoms with Crippen molar-refractivity contribution in [1.29, 1.82) is 0 Å². The summed E-state index contributed by atoms with van der Waals surface area (Å²) in [6, 6.07) is 0. The summed E-state index contributed by atoms with van der Waals surface area (Å²) in [5.41, 5.74) is -1.57. The molecule has 9 nitrogen and oxygen atoms in total. The second-order valence-electron chi connectivity index (χ2n) is 8.80. The lowest BCUT2D eigenvalue weighted by molar-refractivity contribution is -0.123. The largest absolute Gasteiger partial charge is 0.507 e. The summed E-state index contributed by atoms with van der Waals surface area (Å²) >= 11 is 0. The number of Topliss-reactive ketones (excluding diaryl/α,β-unsaturated/α-hetero) is 2. The van der Waals surface area contributed by atoms with Gasteiger partial charge in [0.15, 0.2) is 17.3 Å². The van der Waals surface area contributed by atoms with Gasteiger partial charge >= 0.3 is 0 Å². The van der Waals surface area contributed by atoms with E-state index < -0.39 is 34.6 Å². The highest BCUT2D eigenvalue weighted by Crippen LogP contribution is 2.57. The molecule has 0 bridgehead atoms. The van der Waals surface area contributed by atoms with E-state index in [1.807, 2.05) is 13.8 Å². The van der Waals surface area contributed by atoms with Crippen molar-refractivity contribution in [3.05, 3.63) is 39.8 Å². The third-order valence-electron chi connectivity index (χ3n) is 5.98. The number of phenols is 2. The maximum atomic E-state index is 13.6. The Morgan fingerprint density at radius 2 is 1.85 bits per heavy atom. The van der Waals surface area contributed by atoms with Crippen LogP contribution >= 0.6 is 0 Å². The second kappa shape index (κ2) is 8.64. The average molecular weight is 459 g/mol. The van der Waals surface area contributed by atoms with Crippen LogP contribution in [0.1, 0.15) is 56.1 Å². The molecule has 0 aromatic heterocycles. The number of benzene rings is 1. The minimum absolute atomic E-state index is 0.0300. The molecule has 1 aromatic rings. The Morgan fingerprint density at radius 3 is 2.42 bits per heavy atom. The van der Waals surface area contributed by atoms with Gasteiger partial charge in [0.25, 0.3) is 0 Å². The second-order valence-corrected chi connectivity index (χ2v) is 8.80. The van der Waals surface area contributed by atoms with Crippen molar-refractivity contribution in [3.63, 3.8) is 0 Å². The van der Waals surface area contributed by atoms with Crippen LogP contribution in [-0.4, -0.2) is 58.0 Å². The van der Waals surface area contributed by atoms with E-state index in [0.29, 0.717) is 0 Å². The molecule has 1 heterocycles. The zero-order chi connectivity index (χ0) is 24.8. The first kappa shape index (κ1) is 24.5. The number of aromatic hydroxyl groups is 2. The summed E-state index contributed by atoms with van der Waals surface area (Å²) in [6.07, 6.45) is 0.236. The number of nitrogens with one attached hydrogen (secondary N) is 1. The van der Waals surface area contributed by atoms with E-state index in [0.717, 1.165) is 6.08 Å². The smallest absolute Gasteiger partial charge is 0.194 e. The topological polar surface area (TPSA) is 142 Å². The quantitative estimate of drug-likeness (QED) is 0.273. The highest BCUT2D eigenvalue weighted by atomic mass is 16.5. The average Bonchev–Trinajstić information content (AvgIpc) is 3.02. The fourth-order valence-corrected chi connectivity index (χ4v) is 4.08. The number of aliphatic hydroxyl groups excluding tert-OH is 1.